The van der Waals surface area contributed by atoms with E-state index >= 15 is 0 Å². The van der Waals surface area contributed by atoms with Gasteiger partial charge < -0.3 is 0 Å². The Balaban J connectivity index is 1.70. The molecule has 1 aromatic heterocycles. The predicted octanol–water partition coefficient (Wildman–Crippen LogP) is 4.87. The number of nitro groups is 1. The number of H-pyrrole nitrogens is 1. The first-order chi connectivity index (χ1) is 15.0. The third-order valence-corrected chi connectivity index (χ3v) is 5.34. The molecule has 31 heavy (non-hydrogen) atoms. The van der Waals surface area contributed by atoms with Crippen LogP contribution in [0.3, 0.4) is 0 Å². The molecule has 1 atom stereocenters. The van der Waals surface area contributed by atoms with Crippen molar-refractivity contribution in [3.63, 3.8) is 0 Å². The third-order valence-electron chi connectivity index (χ3n) is 5.34. The van der Waals surface area contributed by atoms with Gasteiger partial charge in [-0.2, -0.15) is 5.10 Å². The van der Waals surface area contributed by atoms with Gasteiger partial charge in [-0.15, -0.1) is 0 Å². The zero-order valence-electron chi connectivity index (χ0n) is 16.0. The van der Waals surface area contributed by atoms with Gasteiger partial charge in [0.25, 0.3) is 11.6 Å². The van der Waals surface area contributed by atoms with Crippen molar-refractivity contribution in [2.24, 2.45) is 0 Å². The molecule has 0 saturated heterocycles. The summed E-state index contributed by atoms with van der Waals surface area (Å²) in [5.41, 5.74) is 3.53. The lowest BCUT2D eigenvalue weighted by molar-refractivity contribution is -0.384. The van der Waals surface area contributed by atoms with Crippen molar-refractivity contribution in [2.75, 3.05) is 4.90 Å². The van der Waals surface area contributed by atoms with Crippen LogP contribution < -0.4 is 4.90 Å². The van der Waals surface area contributed by atoms with E-state index < -0.39 is 11.0 Å². The fourth-order valence-electron chi connectivity index (χ4n) is 3.92. The number of nitrogens with one attached hydrogen (secondary N) is 1. The van der Waals surface area contributed by atoms with E-state index in [4.69, 9.17) is 0 Å². The molecule has 3 aromatic carbocycles. The summed E-state index contributed by atoms with van der Waals surface area (Å²) in [6.07, 6.45) is 0. The number of nitro benzene ring substituents is 1. The van der Waals surface area contributed by atoms with Crippen LogP contribution in [0.4, 0.5) is 15.8 Å². The third kappa shape index (κ3) is 3.05. The summed E-state index contributed by atoms with van der Waals surface area (Å²) in [5.74, 6) is -0.629. The summed E-state index contributed by atoms with van der Waals surface area (Å²) in [7, 11) is 0. The summed E-state index contributed by atoms with van der Waals surface area (Å²) >= 11 is 0. The number of benzene rings is 3. The summed E-state index contributed by atoms with van der Waals surface area (Å²) in [5, 5.41) is 18.3. The Kier molecular flexibility index (Phi) is 4.32. The van der Waals surface area contributed by atoms with Gasteiger partial charge in [-0.05, 0) is 54.1 Å². The number of nitrogens with zero attached hydrogens (tertiary/aromatic N) is 3. The summed E-state index contributed by atoms with van der Waals surface area (Å²) in [6, 6.07) is 20.6. The Labute approximate surface area is 175 Å². The minimum Gasteiger partial charge on any atom is -0.295 e. The zero-order chi connectivity index (χ0) is 21.5. The fourth-order valence-corrected chi connectivity index (χ4v) is 3.92. The van der Waals surface area contributed by atoms with Crippen molar-refractivity contribution in [3.05, 3.63) is 112 Å². The highest BCUT2D eigenvalue weighted by Crippen LogP contribution is 2.45. The number of carbonyl (C=O) groups is 1. The lowest BCUT2D eigenvalue weighted by atomic mass is 9.95. The first kappa shape index (κ1) is 18.7. The van der Waals surface area contributed by atoms with Crippen LogP contribution in [0.15, 0.2) is 78.9 Å². The molecule has 0 fully saturated rings. The molecular weight excluding hydrogens is 399 g/mol. The van der Waals surface area contributed by atoms with Crippen molar-refractivity contribution in [1.82, 2.24) is 10.2 Å². The minimum atomic E-state index is -0.551. The van der Waals surface area contributed by atoms with Crippen LogP contribution in [0, 0.1) is 15.9 Å². The number of carbonyl (C=O) groups excluding carboxylic acids is 1. The van der Waals surface area contributed by atoms with E-state index in [9.17, 15) is 19.3 Å². The molecule has 0 aliphatic carbocycles. The van der Waals surface area contributed by atoms with Crippen LogP contribution in [0.2, 0.25) is 0 Å². The predicted molar refractivity (Wildman–Crippen MR) is 112 cm³/mol. The van der Waals surface area contributed by atoms with Crippen LogP contribution in [0.1, 0.15) is 27.7 Å². The molecule has 1 N–H and O–H groups in total. The smallest absolute Gasteiger partial charge is 0.277 e. The molecule has 5 rings (SSSR count). The summed E-state index contributed by atoms with van der Waals surface area (Å²) in [4.78, 5) is 25.6. The molecule has 7 nitrogen and oxygen atoms in total. The van der Waals surface area contributed by atoms with E-state index in [0.717, 1.165) is 0 Å². The Morgan fingerprint density at radius 3 is 2.29 bits per heavy atom. The van der Waals surface area contributed by atoms with Crippen LogP contribution in [-0.2, 0) is 0 Å². The van der Waals surface area contributed by atoms with E-state index in [1.165, 1.54) is 24.3 Å². The number of rotatable bonds is 4. The van der Waals surface area contributed by atoms with Gasteiger partial charge in [0.05, 0.1) is 16.7 Å². The maximum Gasteiger partial charge on any atom is 0.277 e. The molecule has 0 unspecified atom stereocenters. The Morgan fingerprint density at radius 2 is 1.65 bits per heavy atom. The molecule has 152 valence electrons. The van der Waals surface area contributed by atoms with Gasteiger partial charge in [-0.1, -0.05) is 18.2 Å². The molecule has 2 heterocycles. The molecule has 1 amide bonds. The molecule has 0 bridgehead atoms. The van der Waals surface area contributed by atoms with E-state index in [-0.39, 0.29) is 17.4 Å². The number of halogens is 1. The summed E-state index contributed by atoms with van der Waals surface area (Å²) < 4.78 is 13.4. The van der Waals surface area contributed by atoms with Crippen molar-refractivity contribution in [3.8, 4) is 11.3 Å². The topological polar surface area (TPSA) is 92.1 Å². The van der Waals surface area contributed by atoms with E-state index in [2.05, 4.69) is 10.2 Å². The van der Waals surface area contributed by atoms with Crippen molar-refractivity contribution in [2.45, 2.75) is 6.04 Å². The lowest BCUT2D eigenvalue weighted by Crippen LogP contribution is -2.29. The van der Waals surface area contributed by atoms with Gasteiger partial charge in [0.2, 0.25) is 0 Å². The number of hydrogen-bond donors (Lipinski definition) is 1. The molecule has 4 aromatic rings. The highest BCUT2D eigenvalue weighted by molar-refractivity contribution is 6.11. The first-order valence-electron chi connectivity index (χ1n) is 9.52. The Hall–Kier alpha value is -4.33. The average Bonchev–Trinajstić information content (AvgIpc) is 3.34. The monoisotopic (exact) mass is 414 g/mol. The maximum absolute atomic E-state index is 13.4. The zero-order valence-corrected chi connectivity index (χ0v) is 16.0. The SMILES string of the molecule is O=C1c2[nH]nc(-c3ccc(F)cc3)c2[C@H](c2ccc([N+](=O)[O-])cc2)N1c1ccccc1. The number of hydrogen-bond acceptors (Lipinski definition) is 4. The van der Waals surface area contributed by atoms with Crippen LogP contribution in [-0.4, -0.2) is 21.0 Å². The van der Waals surface area contributed by atoms with E-state index in [0.29, 0.717) is 33.8 Å². The molecule has 0 spiro atoms. The molecule has 0 saturated carbocycles. The van der Waals surface area contributed by atoms with Gasteiger partial charge in [0.1, 0.15) is 11.5 Å². The first-order valence-corrected chi connectivity index (χ1v) is 9.52. The molecule has 8 heteroatoms. The Bertz CT molecular complexity index is 1280. The minimum absolute atomic E-state index is 0.0366. The number of aromatic nitrogens is 2. The van der Waals surface area contributed by atoms with E-state index in [1.807, 2.05) is 30.3 Å². The lowest BCUT2D eigenvalue weighted by Gasteiger charge is -2.26. The number of amides is 1. The van der Waals surface area contributed by atoms with Gasteiger partial charge in [0.15, 0.2) is 0 Å². The van der Waals surface area contributed by atoms with Crippen LogP contribution in [0.5, 0.6) is 0 Å². The summed E-state index contributed by atoms with van der Waals surface area (Å²) in [6.45, 7) is 0. The average molecular weight is 414 g/mol. The van der Waals surface area contributed by atoms with Crippen molar-refractivity contribution < 1.29 is 14.1 Å². The maximum atomic E-state index is 13.4. The second-order valence-electron chi connectivity index (χ2n) is 7.13. The van der Waals surface area contributed by atoms with Crippen LogP contribution in [0.25, 0.3) is 11.3 Å². The van der Waals surface area contributed by atoms with Gasteiger partial charge in [-0.25, -0.2) is 4.39 Å². The number of non-ortho nitro benzene ring substituents is 1. The molecule has 1 aliphatic rings. The molecule has 1 aliphatic heterocycles. The number of aromatic amines is 1. The number of anilines is 1. The van der Waals surface area contributed by atoms with Crippen molar-refractivity contribution >= 4 is 17.3 Å². The second kappa shape index (κ2) is 7.17. The van der Waals surface area contributed by atoms with Gasteiger partial charge in [-0.3, -0.25) is 24.9 Å². The normalized spacial score (nSPS) is 15.2. The van der Waals surface area contributed by atoms with Crippen molar-refractivity contribution in [1.29, 1.82) is 0 Å². The van der Waals surface area contributed by atoms with E-state index in [1.54, 1.807) is 29.2 Å². The number of para-hydroxylation sites is 1. The molecule has 0 radical (unpaired) electrons. The van der Waals surface area contributed by atoms with Crippen LogP contribution >= 0.6 is 0 Å². The quantitative estimate of drug-likeness (QED) is 0.381. The largest absolute Gasteiger partial charge is 0.295 e. The second-order valence-corrected chi connectivity index (χ2v) is 7.13. The highest BCUT2D eigenvalue weighted by atomic mass is 19.1. The van der Waals surface area contributed by atoms with Gasteiger partial charge >= 0.3 is 0 Å². The standard InChI is InChI=1S/C23H15FN4O3/c24-16-10-6-14(7-11-16)20-19-21(26-25-20)23(29)27(17-4-2-1-3-5-17)22(19)15-8-12-18(13-9-15)28(30)31/h1-13,22H,(H,25,26)/t22-/m0/s1. The number of fused-ring (bicyclic) bond motifs is 1. The fraction of sp³-hybridized carbons (Fsp3) is 0.0435. The van der Waals surface area contributed by atoms with Gasteiger partial charge in [0, 0.05) is 28.9 Å². The Morgan fingerprint density at radius 1 is 0.968 bits per heavy atom. The molecular formula is C23H15FN4O3. The highest BCUT2D eigenvalue weighted by Gasteiger charge is 2.43.